The molecule has 1 aromatic heterocycles. The summed E-state index contributed by atoms with van der Waals surface area (Å²) in [6, 6.07) is 9.86. The molecule has 2 amide bonds. The van der Waals surface area contributed by atoms with E-state index in [1.807, 2.05) is 56.0 Å². The first kappa shape index (κ1) is 26.0. The first-order valence-electron chi connectivity index (χ1n) is 14.1. The van der Waals surface area contributed by atoms with Crippen LogP contribution in [-0.4, -0.2) is 71.2 Å². The molecule has 0 radical (unpaired) electrons. The molecule has 37 heavy (non-hydrogen) atoms. The van der Waals surface area contributed by atoms with E-state index in [9.17, 15) is 9.59 Å². The standard InChI is InChI=1S/C30H42N4O3/c1-30(2,3)37-29(36)34-19-22-14-17-33(18-23(22)20-34)16-13-21-9-11-24(12-10-21)32-28(35)26-6-4-8-27-25(26)7-5-15-31-27/h4-8,15,21-24H,9-14,16-20H2,1-3H3,(H,32,35)/t21?,22-,23-,24?/m0/s1. The van der Waals surface area contributed by atoms with Crippen molar-refractivity contribution in [1.82, 2.24) is 20.1 Å². The van der Waals surface area contributed by atoms with Crippen molar-refractivity contribution in [3.05, 3.63) is 42.1 Å². The Morgan fingerprint density at radius 2 is 1.78 bits per heavy atom. The van der Waals surface area contributed by atoms with E-state index < -0.39 is 5.60 Å². The van der Waals surface area contributed by atoms with Gasteiger partial charge in [0.05, 0.1) is 5.52 Å². The second kappa shape index (κ2) is 11.0. The van der Waals surface area contributed by atoms with Crippen LogP contribution in [0.1, 0.15) is 69.7 Å². The fourth-order valence-corrected chi connectivity index (χ4v) is 6.45. The lowest BCUT2D eigenvalue weighted by molar-refractivity contribution is 0.0284. The third-order valence-electron chi connectivity index (χ3n) is 8.46. The van der Waals surface area contributed by atoms with Crippen molar-refractivity contribution in [3.8, 4) is 0 Å². The molecule has 0 bridgehead atoms. The minimum absolute atomic E-state index is 0.0157. The maximum Gasteiger partial charge on any atom is 0.410 e. The quantitative estimate of drug-likeness (QED) is 0.611. The molecule has 0 unspecified atom stereocenters. The van der Waals surface area contributed by atoms with Gasteiger partial charge in [-0.25, -0.2) is 4.79 Å². The largest absolute Gasteiger partial charge is 0.444 e. The van der Waals surface area contributed by atoms with Gasteiger partial charge in [-0.1, -0.05) is 12.1 Å². The number of benzene rings is 1. The Kier molecular flexibility index (Phi) is 7.70. The van der Waals surface area contributed by atoms with Crippen LogP contribution in [-0.2, 0) is 4.74 Å². The molecule has 1 aliphatic carbocycles. The smallest absolute Gasteiger partial charge is 0.410 e. The van der Waals surface area contributed by atoms with Crippen LogP contribution in [0.15, 0.2) is 36.5 Å². The molecule has 3 fully saturated rings. The lowest BCUT2D eigenvalue weighted by atomic mass is 9.83. The zero-order valence-electron chi connectivity index (χ0n) is 22.6. The van der Waals surface area contributed by atoms with Gasteiger partial charge < -0.3 is 19.9 Å². The van der Waals surface area contributed by atoms with Crippen LogP contribution in [0.3, 0.4) is 0 Å². The van der Waals surface area contributed by atoms with E-state index in [0.29, 0.717) is 17.4 Å². The average molecular weight is 507 g/mol. The van der Waals surface area contributed by atoms with Gasteiger partial charge in [-0.15, -0.1) is 0 Å². The molecule has 1 saturated carbocycles. The number of carbonyl (C=O) groups is 2. The molecule has 3 aliphatic rings. The molecule has 2 aromatic rings. The molecule has 7 heteroatoms. The maximum atomic E-state index is 13.0. The molecule has 5 rings (SSSR count). The molecule has 1 N–H and O–H groups in total. The molecule has 200 valence electrons. The fraction of sp³-hybridized carbons (Fsp3) is 0.633. The summed E-state index contributed by atoms with van der Waals surface area (Å²) < 4.78 is 5.60. The Hall–Kier alpha value is -2.67. The first-order chi connectivity index (χ1) is 17.7. The fourth-order valence-electron chi connectivity index (χ4n) is 6.45. The first-order valence-corrected chi connectivity index (χ1v) is 14.1. The summed E-state index contributed by atoms with van der Waals surface area (Å²) in [5, 5.41) is 4.20. The summed E-state index contributed by atoms with van der Waals surface area (Å²) in [6.45, 7) is 10.8. The molecule has 2 atom stereocenters. The second-order valence-corrected chi connectivity index (χ2v) is 12.4. The molecular weight excluding hydrogens is 464 g/mol. The van der Waals surface area contributed by atoms with E-state index in [1.54, 1.807) is 6.20 Å². The van der Waals surface area contributed by atoms with Crippen LogP contribution in [0.5, 0.6) is 0 Å². The van der Waals surface area contributed by atoms with Crippen molar-refractivity contribution in [2.45, 2.75) is 70.9 Å². The van der Waals surface area contributed by atoms with E-state index >= 15 is 0 Å². The highest BCUT2D eigenvalue weighted by molar-refractivity contribution is 6.06. The Labute approximate surface area is 220 Å². The van der Waals surface area contributed by atoms with E-state index in [1.165, 1.54) is 25.7 Å². The molecule has 0 spiro atoms. The number of hydrogen-bond donors (Lipinski definition) is 1. The topological polar surface area (TPSA) is 74.8 Å². The van der Waals surface area contributed by atoms with E-state index in [4.69, 9.17) is 4.74 Å². The number of hydrogen-bond acceptors (Lipinski definition) is 5. The summed E-state index contributed by atoms with van der Waals surface area (Å²) in [4.78, 5) is 34.4. The van der Waals surface area contributed by atoms with Gasteiger partial charge in [-0.2, -0.15) is 0 Å². The van der Waals surface area contributed by atoms with Crippen molar-refractivity contribution in [2.75, 3.05) is 32.7 Å². The number of carbonyl (C=O) groups excluding carboxylic acids is 2. The number of fused-ring (bicyclic) bond motifs is 2. The second-order valence-electron chi connectivity index (χ2n) is 12.4. The van der Waals surface area contributed by atoms with Crippen molar-refractivity contribution >= 4 is 22.9 Å². The minimum atomic E-state index is -0.438. The van der Waals surface area contributed by atoms with Gasteiger partial charge >= 0.3 is 6.09 Å². The number of nitrogens with zero attached hydrogens (tertiary/aromatic N) is 3. The van der Waals surface area contributed by atoms with Gasteiger partial charge in [-0.05, 0) is 108 Å². The van der Waals surface area contributed by atoms with Crippen molar-refractivity contribution in [2.24, 2.45) is 17.8 Å². The Morgan fingerprint density at radius 1 is 1.00 bits per heavy atom. The summed E-state index contributed by atoms with van der Waals surface area (Å²) in [5.74, 6) is 1.92. The number of nitrogens with one attached hydrogen (secondary N) is 1. The zero-order chi connectivity index (χ0) is 26.0. The lowest BCUT2D eigenvalue weighted by Crippen LogP contribution is -2.41. The predicted molar refractivity (Wildman–Crippen MR) is 145 cm³/mol. The summed E-state index contributed by atoms with van der Waals surface area (Å²) in [7, 11) is 0. The van der Waals surface area contributed by atoms with Crippen LogP contribution in [0.25, 0.3) is 10.9 Å². The predicted octanol–water partition coefficient (Wildman–Crippen LogP) is 5.10. The lowest BCUT2D eigenvalue weighted by Gasteiger charge is -2.36. The monoisotopic (exact) mass is 506 g/mol. The highest BCUT2D eigenvalue weighted by atomic mass is 16.6. The number of amides is 2. The zero-order valence-corrected chi connectivity index (χ0v) is 22.6. The van der Waals surface area contributed by atoms with Gasteiger partial charge in [0.15, 0.2) is 0 Å². The van der Waals surface area contributed by atoms with E-state index in [-0.39, 0.29) is 18.0 Å². The van der Waals surface area contributed by atoms with Gasteiger partial charge in [0.2, 0.25) is 0 Å². The van der Waals surface area contributed by atoms with Crippen LogP contribution in [0.2, 0.25) is 0 Å². The van der Waals surface area contributed by atoms with Crippen molar-refractivity contribution < 1.29 is 14.3 Å². The van der Waals surface area contributed by atoms with Crippen molar-refractivity contribution in [3.63, 3.8) is 0 Å². The number of rotatable bonds is 5. The number of likely N-dealkylation sites (tertiary alicyclic amines) is 2. The molecule has 3 heterocycles. The number of pyridine rings is 1. The summed E-state index contributed by atoms with van der Waals surface area (Å²) >= 11 is 0. The number of piperidine rings is 1. The number of aromatic nitrogens is 1. The van der Waals surface area contributed by atoms with Gasteiger partial charge in [0.1, 0.15) is 5.60 Å². The third kappa shape index (κ3) is 6.43. The molecule has 2 saturated heterocycles. The van der Waals surface area contributed by atoms with E-state index in [2.05, 4.69) is 15.2 Å². The summed E-state index contributed by atoms with van der Waals surface area (Å²) in [5.41, 5.74) is 1.14. The van der Waals surface area contributed by atoms with Crippen LogP contribution in [0, 0.1) is 17.8 Å². The highest BCUT2D eigenvalue weighted by Crippen LogP contribution is 2.33. The number of ether oxygens (including phenoxy) is 1. The van der Waals surface area contributed by atoms with Crippen LogP contribution in [0.4, 0.5) is 4.79 Å². The van der Waals surface area contributed by atoms with Crippen molar-refractivity contribution in [1.29, 1.82) is 0 Å². The van der Waals surface area contributed by atoms with Gasteiger partial charge in [0, 0.05) is 42.8 Å². The van der Waals surface area contributed by atoms with Gasteiger partial charge in [-0.3, -0.25) is 9.78 Å². The summed E-state index contributed by atoms with van der Waals surface area (Å²) in [6.07, 6.45) is 8.46. The maximum absolute atomic E-state index is 13.0. The normalized spacial score (nSPS) is 26.6. The van der Waals surface area contributed by atoms with Gasteiger partial charge in [0.25, 0.3) is 5.91 Å². The Morgan fingerprint density at radius 3 is 2.57 bits per heavy atom. The van der Waals surface area contributed by atoms with E-state index in [0.717, 1.165) is 62.4 Å². The van der Waals surface area contributed by atoms with Crippen LogP contribution < -0.4 is 5.32 Å². The molecule has 2 aliphatic heterocycles. The molecule has 1 aromatic carbocycles. The Balaban J connectivity index is 1.04. The Bertz CT molecular complexity index is 1100. The third-order valence-corrected chi connectivity index (χ3v) is 8.46. The highest BCUT2D eigenvalue weighted by Gasteiger charge is 2.40. The molecular formula is C30H42N4O3. The molecule has 7 nitrogen and oxygen atoms in total. The van der Waals surface area contributed by atoms with Crippen LogP contribution >= 0.6 is 0 Å². The SMILES string of the molecule is CC(C)(C)OC(=O)N1C[C@@H]2CCN(CCC3CCC(NC(=O)c4cccc5ncccc45)CC3)C[C@H]2C1. The average Bonchev–Trinajstić information content (AvgIpc) is 3.31. The minimum Gasteiger partial charge on any atom is -0.444 e.